The van der Waals surface area contributed by atoms with E-state index in [-0.39, 0.29) is 0 Å². The summed E-state index contributed by atoms with van der Waals surface area (Å²) in [6.45, 7) is 0. The van der Waals surface area contributed by atoms with Crippen LogP contribution in [0.4, 0.5) is 0 Å². The second-order valence-electron chi connectivity index (χ2n) is 3.86. The highest BCUT2D eigenvalue weighted by atomic mass is 127. The van der Waals surface area contributed by atoms with Crippen LogP contribution in [0.15, 0.2) is 30.3 Å². The van der Waals surface area contributed by atoms with Gasteiger partial charge in [0.15, 0.2) is 0 Å². The summed E-state index contributed by atoms with van der Waals surface area (Å²) in [6, 6.07) is 10.9. The van der Waals surface area contributed by atoms with Crippen LogP contribution in [0.3, 0.4) is 0 Å². The molecule has 2 rings (SSSR count). The van der Waals surface area contributed by atoms with Gasteiger partial charge < -0.3 is 0 Å². The fourth-order valence-corrected chi connectivity index (χ4v) is 3.29. The number of halogens is 1. The Balaban J connectivity index is 2.08. The van der Waals surface area contributed by atoms with Crippen LogP contribution in [-0.2, 0) is 0 Å². The van der Waals surface area contributed by atoms with Crippen molar-refractivity contribution in [1.82, 2.24) is 0 Å². The Labute approximate surface area is 93.9 Å². The smallest absolute Gasteiger partial charge is 0.0387 e. The van der Waals surface area contributed by atoms with Crippen LogP contribution in [-0.4, -0.2) is 0 Å². The lowest BCUT2D eigenvalue weighted by Crippen LogP contribution is -2.02. The summed E-state index contributed by atoms with van der Waals surface area (Å²) in [4.78, 5) is 0. The zero-order valence-electron chi connectivity index (χ0n) is 7.75. The van der Waals surface area contributed by atoms with Gasteiger partial charge in [-0.1, -0.05) is 65.8 Å². The van der Waals surface area contributed by atoms with Crippen LogP contribution in [0.25, 0.3) is 0 Å². The molecule has 0 amide bonds. The second-order valence-corrected chi connectivity index (χ2v) is 5.20. The molecule has 1 aliphatic rings. The topological polar surface area (TPSA) is 0 Å². The summed E-state index contributed by atoms with van der Waals surface area (Å²) in [5.41, 5.74) is 1.51. The molecule has 0 nitrogen and oxygen atoms in total. The number of hydrogen-bond acceptors (Lipinski definition) is 0. The fraction of sp³-hybridized carbons (Fsp3) is 0.500. The van der Waals surface area contributed by atoms with E-state index in [0.717, 1.165) is 9.84 Å². The lowest BCUT2D eigenvalue weighted by atomic mass is 9.98. The van der Waals surface area contributed by atoms with Crippen molar-refractivity contribution in [3.8, 4) is 0 Å². The molecule has 1 heteroatoms. The van der Waals surface area contributed by atoms with E-state index in [4.69, 9.17) is 0 Å². The van der Waals surface area contributed by atoms with E-state index in [2.05, 4.69) is 52.9 Å². The Kier molecular flexibility index (Phi) is 3.25. The Hall–Kier alpha value is -0.0500. The van der Waals surface area contributed by atoms with Gasteiger partial charge in [-0.15, -0.1) is 0 Å². The molecular weight excluding hydrogens is 271 g/mol. The molecule has 1 aromatic rings. The minimum absolute atomic E-state index is 0.737. The highest BCUT2D eigenvalue weighted by Crippen LogP contribution is 2.41. The SMILES string of the molecule is IC(c1ccccc1)C1CCCC1. The average molecular weight is 286 g/mol. The third-order valence-electron chi connectivity index (χ3n) is 2.93. The first-order chi connectivity index (χ1) is 6.38. The molecule has 0 saturated heterocycles. The molecule has 13 heavy (non-hydrogen) atoms. The molecule has 1 saturated carbocycles. The third-order valence-corrected chi connectivity index (χ3v) is 4.67. The molecule has 0 N–H and O–H groups in total. The van der Waals surface area contributed by atoms with Gasteiger partial charge in [0.05, 0.1) is 0 Å². The molecule has 0 spiro atoms. The molecular formula is C12H15I. The molecule has 1 atom stereocenters. The van der Waals surface area contributed by atoms with E-state index in [9.17, 15) is 0 Å². The van der Waals surface area contributed by atoms with Crippen molar-refractivity contribution in [2.45, 2.75) is 29.6 Å². The molecule has 1 aromatic carbocycles. The third kappa shape index (κ3) is 2.25. The van der Waals surface area contributed by atoms with Crippen LogP contribution in [0.5, 0.6) is 0 Å². The molecule has 0 radical (unpaired) electrons. The van der Waals surface area contributed by atoms with Crippen molar-refractivity contribution >= 4 is 22.6 Å². The van der Waals surface area contributed by atoms with Crippen LogP contribution < -0.4 is 0 Å². The van der Waals surface area contributed by atoms with Gasteiger partial charge in [0.25, 0.3) is 0 Å². The summed E-state index contributed by atoms with van der Waals surface area (Å²) in [5.74, 6) is 0.933. The monoisotopic (exact) mass is 286 g/mol. The molecule has 1 unspecified atom stereocenters. The quantitative estimate of drug-likeness (QED) is 0.560. The molecule has 0 aromatic heterocycles. The van der Waals surface area contributed by atoms with Gasteiger partial charge in [0.2, 0.25) is 0 Å². The van der Waals surface area contributed by atoms with Crippen molar-refractivity contribution in [3.63, 3.8) is 0 Å². The normalized spacial score (nSPS) is 20.4. The van der Waals surface area contributed by atoms with E-state index < -0.39 is 0 Å². The Morgan fingerprint density at radius 1 is 1.08 bits per heavy atom. The van der Waals surface area contributed by atoms with Gasteiger partial charge in [0.1, 0.15) is 0 Å². The van der Waals surface area contributed by atoms with E-state index in [0.29, 0.717) is 0 Å². The molecule has 0 heterocycles. The molecule has 1 aliphatic carbocycles. The molecule has 0 aliphatic heterocycles. The zero-order valence-corrected chi connectivity index (χ0v) is 9.91. The van der Waals surface area contributed by atoms with E-state index in [1.165, 1.54) is 31.2 Å². The number of hydrogen-bond donors (Lipinski definition) is 0. The molecule has 70 valence electrons. The van der Waals surface area contributed by atoms with Gasteiger partial charge >= 0.3 is 0 Å². The minimum atomic E-state index is 0.737. The maximum Gasteiger partial charge on any atom is 0.0387 e. The van der Waals surface area contributed by atoms with Crippen LogP contribution >= 0.6 is 22.6 Å². The van der Waals surface area contributed by atoms with E-state index >= 15 is 0 Å². The van der Waals surface area contributed by atoms with Crippen molar-refractivity contribution < 1.29 is 0 Å². The molecule has 1 fully saturated rings. The zero-order chi connectivity index (χ0) is 9.10. The largest absolute Gasteiger partial charge is 0.0771 e. The Bertz CT molecular complexity index is 249. The van der Waals surface area contributed by atoms with Crippen molar-refractivity contribution in [2.75, 3.05) is 0 Å². The van der Waals surface area contributed by atoms with Crippen LogP contribution in [0, 0.1) is 5.92 Å². The highest BCUT2D eigenvalue weighted by molar-refractivity contribution is 14.1. The summed E-state index contributed by atoms with van der Waals surface area (Å²) >= 11 is 2.61. The van der Waals surface area contributed by atoms with Crippen LogP contribution in [0.1, 0.15) is 35.2 Å². The van der Waals surface area contributed by atoms with Crippen molar-refractivity contribution in [2.24, 2.45) is 5.92 Å². The minimum Gasteiger partial charge on any atom is -0.0771 e. The van der Waals surface area contributed by atoms with Gasteiger partial charge in [-0.3, -0.25) is 0 Å². The Morgan fingerprint density at radius 2 is 1.69 bits per heavy atom. The van der Waals surface area contributed by atoms with Gasteiger partial charge in [-0.2, -0.15) is 0 Å². The van der Waals surface area contributed by atoms with Gasteiger partial charge in [0, 0.05) is 3.92 Å². The van der Waals surface area contributed by atoms with Crippen LogP contribution in [0.2, 0.25) is 0 Å². The average Bonchev–Trinajstić information content (AvgIpc) is 2.71. The summed E-state index contributed by atoms with van der Waals surface area (Å²) in [6.07, 6.45) is 5.75. The van der Waals surface area contributed by atoms with E-state index in [1.807, 2.05) is 0 Å². The summed E-state index contributed by atoms with van der Waals surface area (Å²) in [7, 11) is 0. The summed E-state index contributed by atoms with van der Waals surface area (Å²) < 4.78 is 0.737. The van der Waals surface area contributed by atoms with Crippen molar-refractivity contribution in [1.29, 1.82) is 0 Å². The maximum atomic E-state index is 2.61. The standard InChI is InChI=1S/C12H15I/c13-12(11-8-4-5-9-11)10-6-2-1-3-7-10/h1-3,6-7,11-12H,4-5,8-9H2. The first-order valence-electron chi connectivity index (χ1n) is 5.07. The lowest BCUT2D eigenvalue weighted by Gasteiger charge is -2.17. The first-order valence-corrected chi connectivity index (χ1v) is 6.31. The van der Waals surface area contributed by atoms with Crippen molar-refractivity contribution in [3.05, 3.63) is 35.9 Å². The van der Waals surface area contributed by atoms with E-state index in [1.54, 1.807) is 0 Å². The highest BCUT2D eigenvalue weighted by Gasteiger charge is 2.23. The lowest BCUT2D eigenvalue weighted by molar-refractivity contribution is 0.550. The molecule has 0 bridgehead atoms. The van der Waals surface area contributed by atoms with Gasteiger partial charge in [-0.25, -0.2) is 0 Å². The predicted molar refractivity (Wildman–Crippen MR) is 65.2 cm³/mol. The maximum absolute atomic E-state index is 2.61. The van der Waals surface area contributed by atoms with Gasteiger partial charge in [-0.05, 0) is 24.3 Å². The Morgan fingerprint density at radius 3 is 2.31 bits per heavy atom. The number of benzene rings is 1. The number of alkyl halides is 1. The predicted octanol–water partition coefficient (Wildman–Crippen LogP) is 4.35. The fourth-order valence-electron chi connectivity index (χ4n) is 2.16. The first kappa shape index (κ1) is 9.50. The number of rotatable bonds is 2. The second kappa shape index (κ2) is 4.45. The summed E-state index contributed by atoms with van der Waals surface area (Å²) in [5, 5.41) is 0.